The summed E-state index contributed by atoms with van der Waals surface area (Å²) >= 11 is 3.29. The first-order chi connectivity index (χ1) is 8.72. The lowest BCUT2D eigenvalue weighted by Gasteiger charge is -2.25. The highest BCUT2D eigenvalue weighted by Gasteiger charge is 2.16. The van der Waals surface area contributed by atoms with Crippen LogP contribution in [0.4, 0.5) is 5.69 Å². The molecule has 1 saturated carbocycles. The molecule has 1 fully saturated rings. The van der Waals surface area contributed by atoms with Gasteiger partial charge in [-0.05, 0) is 28.3 Å². The van der Waals surface area contributed by atoms with Crippen LogP contribution in [-0.2, 0) is 6.54 Å². The first-order valence-corrected chi connectivity index (χ1v) is 6.94. The highest BCUT2D eigenvalue weighted by molar-refractivity contribution is 9.10. The molecule has 1 heterocycles. The molecule has 1 aliphatic carbocycles. The van der Waals surface area contributed by atoms with Crippen LogP contribution in [0.2, 0.25) is 0 Å². The minimum absolute atomic E-state index is 0.193. The molecule has 1 N–H and O–H groups in total. The number of anilines is 1. The molecular formula is C13H16BrN3O. The van der Waals surface area contributed by atoms with Gasteiger partial charge in [-0.25, -0.2) is 4.68 Å². The Kier molecular flexibility index (Phi) is 4.43. The third-order valence-electron chi connectivity index (χ3n) is 3.32. The highest BCUT2D eigenvalue weighted by atomic mass is 79.9. The van der Waals surface area contributed by atoms with Crippen LogP contribution >= 0.6 is 15.9 Å². The van der Waals surface area contributed by atoms with E-state index < -0.39 is 0 Å². The van der Waals surface area contributed by atoms with Crippen LogP contribution in [0.5, 0.6) is 0 Å². The minimum atomic E-state index is -0.193. The lowest BCUT2D eigenvalue weighted by Crippen LogP contribution is -2.24. The molecule has 1 aromatic rings. The summed E-state index contributed by atoms with van der Waals surface area (Å²) in [5.74, 6) is 3.26. The van der Waals surface area contributed by atoms with Crippen LogP contribution in [-0.4, -0.2) is 16.3 Å². The predicted octanol–water partition coefficient (Wildman–Crippen LogP) is 2.24. The van der Waals surface area contributed by atoms with Crippen molar-refractivity contribution in [1.29, 1.82) is 0 Å². The van der Waals surface area contributed by atoms with Crippen molar-refractivity contribution < 1.29 is 0 Å². The maximum atomic E-state index is 11.9. The third-order valence-corrected chi connectivity index (χ3v) is 4.09. The van der Waals surface area contributed by atoms with E-state index in [0.29, 0.717) is 4.47 Å². The number of rotatable bonds is 5. The van der Waals surface area contributed by atoms with Crippen molar-refractivity contribution in [2.45, 2.75) is 32.2 Å². The van der Waals surface area contributed by atoms with Crippen LogP contribution in [0.15, 0.2) is 15.5 Å². The van der Waals surface area contributed by atoms with Crippen LogP contribution in [0.3, 0.4) is 0 Å². The van der Waals surface area contributed by atoms with Crippen molar-refractivity contribution in [2.24, 2.45) is 5.92 Å². The van der Waals surface area contributed by atoms with Crippen molar-refractivity contribution in [2.75, 3.05) is 11.9 Å². The minimum Gasteiger partial charge on any atom is -0.383 e. The molecule has 0 unspecified atom stereocenters. The van der Waals surface area contributed by atoms with Crippen molar-refractivity contribution >= 4 is 21.6 Å². The topological polar surface area (TPSA) is 46.9 Å². The highest BCUT2D eigenvalue weighted by Crippen LogP contribution is 2.29. The van der Waals surface area contributed by atoms with Crippen molar-refractivity contribution in [3.63, 3.8) is 0 Å². The summed E-state index contributed by atoms with van der Waals surface area (Å²) in [5, 5.41) is 7.28. The van der Waals surface area contributed by atoms with E-state index in [0.717, 1.165) is 24.6 Å². The van der Waals surface area contributed by atoms with Crippen molar-refractivity contribution in [3.8, 4) is 12.3 Å². The van der Waals surface area contributed by atoms with Crippen LogP contribution < -0.4 is 10.9 Å². The normalized spacial score (nSPS) is 14.9. The van der Waals surface area contributed by atoms with Gasteiger partial charge in [0, 0.05) is 6.54 Å². The van der Waals surface area contributed by atoms with Crippen LogP contribution in [0.25, 0.3) is 0 Å². The molecule has 0 bridgehead atoms. The van der Waals surface area contributed by atoms with E-state index in [1.165, 1.54) is 23.9 Å². The lowest BCUT2D eigenvalue weighted by atomic mass is 9.83. The fourth-order valence-corrected chi connectivity index (χ4v) is 2.43. The Morgan fingerprint density at radius 3 is 3.00 bits per heavy atom. The van der Waals surface area contributed by atoms with Gasteiger partial charge in [-0.3, -0.25) is 4.79 Å². The van der Waals surface area contributed by atoms with E-state index in [9.17, 15) is 4.79 Å². The average molecular weight is 310 g/mol. The fraction of sp³-hybridized carbons (Fsp3) is 0.538. The van der Waals surface area contributed by atoms with Gasteiger partial charge in [0.25, 0.3) is 5.56 Å². The Morgan fingerprint density at radius 1 is 1.61 bits per heavy atom. The van der Waals surface area contributed by atoms with E-state index >= 15 is 0 Å². The van der Waals surface area contributed by atoms with Crippen molar-refractivity contribution in [1.82, 2.24) is 9.78 Å². The van der Waals surface area contributed by atoms with E-state index in [1.54, 1.807) is 6.20 Å². The summed E-state index contributed by atoms with van der Waals surface area (Å²) in [7, 11) is 0. The zero-order valence-electron chi connectivity index (χ0n) is 10.2. The summed E-state index contributed by atoms with van der Waals surface area (Å²) < 4.78 is 1.77. The van der Waals surface area contributed by atoms with Gasteiger partial charge in [0.1, 0.15) is 11.0 Å². The van der Waals surface area contributed by atoms with E-state index in [-0.39, 0.29) is 12.1 Å². The molecular weight excluding hydrogens is 294 g/mol. The molecule has 0 aliphatic heterocycles. The van der Waals surface area contributed by atoms with Gasteiger partial charge in [-0.1, -0.05) is 25.2 Å². The quantitative estimate of drug-likeness (QED) is 0.849. The van der Waals surface area contributed by atoms with E-state index in [4.69, 9.17) is 6.42 Å². The zero-order chi connectivity index (χ0) is 13.0. The number of hydrogen-bond acceptors (Lipinski definition) is 3. The molecule has 96 valence electrons. The first kappa shape index (κ1) is 13.2. The summed E-state index contributed by atoms with van der Waals surface area (Å²) in [6, 6.07) is 0. The number of nitrogens with one attached hydrogen (secondary N) is 1. The standard InChI is InChI=1S/C13H16BrN3O/c1-2-8-17-13(18)12(14)11(9-16-17)15-7-6-10-4-3-5-10/h1,9-10,15H,3-8H2. The molecule has 0 aromatic carbocycles. The zero-order valence-corrected chi connectivity index (χ0v) is 11.7. The average Bonchev–Trinajstić information content (AvgIpc) is 2.31. The summed E-state index contributed by atoms with van der Waals surface area (Å²) in [5.41, 5.74) is 0.550. The molecule has 2 rings (SSSR count). The number of nitrogens with zero attached hydrogens (tertiary/aromatic N) is 2. The molecule has 18 heavy (non-hydrogen) atoms. The van der Waals surface area contributed by atoms with E-state index in [1.807, 2.05) is 0 Å². The molecule has 5 heteroatoms. The summed E-state index contributed by atoms with van der Waals surface area (Å²) in [4.78, 5) is 11.9. The fourth-order valence-electron chi connectivity index (χ4n) is 1.98. The van der Waals surface area contributed by atoms with Crippen LogP contribution in [0, 0.1) is 18.3 Å². The molecule has 0 radical (unpaired) electrons. The molecule has 0 amide bonds. The molecule has 0 atom stereocenters. The summed E-state index contributed by atoms with van der Waals surface area (Å²) in [6.07, 6.45) is 12.0. The Morgan fingerprint density at radius 2 is 2.39 bits per heavy atom. The van der Waals surface area contributed by atoms with Gasteiger partial charge in [0.15, 0.2) is 0 Å². The van der Waals surface area contributed by atoms with Gasteiger partial charge in [-0.15, -0.1) is 6.42 Å². The number of halogens is 1. The maximum Gasteiger partial charge on any atom is 0.284 e. The Labute approximate surface area is 115 Å². The van der Waals surface area contributed by atoms with Gasteiger partial charge >= 0.3 is 0 Å². The second-order valence-electron chi connectivity index (χ2n) is 4.55. The number of terminal acetylenes is 1. The Bertz CT molecular complexity index is 514. The van der Waals surface area contributed by atoms with E-state index in [2.05, 4.69) is 32.3 Å². The largest absolute Gasteiger partial charge is 0.383 e. The molecule has 1 aromatic heterocycles. The van der Waals surface area contributed by atoms with Gasteiger partial charge in [0.2, 0.25) is 0 Å². The smallest absolute Gasteiger partial charge is 0.284 e. The van der Waals surface area contributed by atoms with Gasteiger partial charge in [-0.2, -0.15) is 5.10 Å². The van der Waals surface area contributed by atoms with Gasteiger partial charge in [0.05, 0.1) is 11.9 Å². The third kappa shape index (κ3) is 2.94. The summed E-state index contributed by atoms with van der Waals surface area (Å²) in [6.45, 7) is 1.07. The molecule has 1 aliphatic rings. The second kappa shape index (κ2) is 6.05. The number of aromatic nitrogens is 2. The maximum absolute atomic E-state index is 11.9. The monoisotopic (exact) mass is 309 g/mol. The predicted molar refractivity (Wildman–Crippen MR) is 75.5 cm³/mol. The Balaban J connectivity index is 1.98. The number of hydrogen-bond donors (Lipinski definition) is 1. The SMILES string of the molecule is C#CCn1ncc(NCCC2CCC2)c(Br)c1=O. The molecule has 4 nitrogen and oxygen atoms in total. The lowest BCUT2D eigenvalue weighted by molar-refractivity contribution is 0.303. The molecule has 0 saturated heterocycles. The Hall–Kier alpha value is -1.28. The van der Waals surface area contributed by atoms with Crippen LogP contribution in [0.1, 0.15) is 25.7 Å². The second-order valence-corrected chi connectivity index (χ2v) is 5.34. The molecule has 0 spiro atoms. The first-order valence-electron chi connectivity index (χ1n) is 6.15. The van der Waals surface area contributed by atoms with Gasteiger partial charge < -0.3 is 5.32 Å². The van der Waals surface area contributed by atoms with Crippen molar-refractivity contribution in [3.05, 3.63) is 21.0 Å².